The third-order valence-electron chi connectivity index (χ3n) is 3.66. The molecule has 0 spiro atoms. The van der Waals surface area contributed by atoms with Crippen LogP contribution in [0.25, 0.3) is 0 Å². The SMILES string of the molecule is CN1C(C2C=CC=CC=C2)=NCNC1c1ccccc1. The minimum Gasteiger partial charge on any atom is -0.343 e. The maximum Gasteiger partial charge on any atom is 0.113 e. The molecule has 1 N–H and O–H groups in total. The van der Waals surface area contributed by atoms with Gasteiger partial charge in [0.15, 0.2) is 0 Å². The van der Waals surface area contributed by atoms with Gasteiger partial charge in [0.25, 0.3) is 0 Å². The van der Waals surface area contributed by atoms with Crippen LogP contribution in [-0.2, 0) is 0 Å². The second-order valence-corrected chi connectivity index (χ2v) is 4.98. The number of benzene rings is 1. The number of amidine groups is 1. The van der Waals surface area contributed by atoms with Crippen LogP contribution in [0.3, 0.4) is 0 Å². The Bertz CT molecular complexity index is 553. The Balaban J connectivity index is 1.85. The number of rotatable bonds is 2. The van der Waals surface area contributed by atoms with Gasteiger partial charge in [0.2, 0.25) is 0 Å². The lowest BCUT2D eigenvalue weighted by Crippen LogP contribution is -2.46. The highest BCUT2D eigenvalue weighted by Gasteiger charge is 2.26. The first kappa shape index (κ1) is 12.9. The zero-order valence-corrected chi connectivity index (χ0v) is 11.6. The van der Waals surface area contributed by atoms with Crippen molar-refractivity contribution in [1.29, 1.82) is 0 Å². The van der Waals surface area contributed by atoms with E-state index in [1.54, 1.807) is 0 Å². The topological polar surface area (TPSA) is 27.6 Å². The second-order valence-electron chi connectivity index (χ2n) is 4.98. The summed E-state index contributed by atoms with van der Waals surface area (Å²) in [5, 5.41) is 3.44. The van der Waals surface area contributed by atoms with Crippen molar-refractivity contribution < 1.29 is 0 Å². The van der Waals surface area contributed by atoms with Gasteiger partial charge in [0.1, 0.15) is 12.0 Å². The fraction of sp³-hybridized carbons (Fsp3) is 0.235. The van der Waals surface area contributed by atoms with E-state index in [1.165, 1.54) is 5.56 Å². The lowest BCUT2D eigenvalue weighted by atomic mass is 10.0. The molecule has 0 radical (unpaired) electrons. The quantitative estimate of drug-likeness (QED) is 0.890. The van der Waals surface area contributed by atoms with Gasteiger partial charge in [-0.25, -0.2) is 0 Å². The van der Waals surface area contributed by atoms with Crippen LogP contribution >= 0.6 is 0 Å². The van der Waals surface area contributed by atoms with Crippen LogP contribution in [-0.4, -0.2) is 24.5 Å². The number of allylic oxidation sites excluding steroid dienone is 4. The number of aliphatic imine (C=N–C) groups is 1. The van der Waals surface area contributed by atoms with Crippen molar-refractivity contribution in [2.75, 3.05) is 13.7 Å². The molecule has 1 aliphatic heterocycles. The molecule has 0 amide bonds. The van der Waals surface area contributed by atoms with Gasteiger partial charge in [-0.1, -0.05) is 66.8 Å². The Hall–Kier alpha value is -2.13. The molecule has 1 atom stereocenters. The molecule has 0 fully saturated rings. The van der Waals surface area contributed by atoms with E-state index < -0.39 is 0 Å². The summed E-state index contributed by atoms with van der Waals surface area (Å²) in [7, 11) is 2.10. The van der Waals surface area contributed by atoms with Crippen molar-refractivity contribution in [3.05, 3.63) is 72.4 Å². The summed E-state index contributed by atoms with van der Waals surface area (Å²) in [6, 6.07) is 10.5. The van der Waals surface area contributed by atoms with Gasteiger partial charge in [-0.05, 0) is 5.56 Å². The highest BCUT2D eigenvalue weighted by Crippen LogP contribution is 2.23. The minimum absolute atomic E-state index is 0.182. The zero-order chi connectivity index (χ0) is 13.8. The van der Waals surface area contributed by atoms with E-state index in [2.05, 4.69) is 70.8 Å². The molecule has 1 unspecified atom stereocenters. The monoisotopic (exact) mass is 265 g/mol. The molecule has 3 heteroatoms. The van der Waals surface area contributed by atoms with E-state index >= 15 is 0 Å². The lowest BCUT2D eigenvalue weighted by molar-refractivity contribution is 0.287. The van der Waals surface area contributed by atoms with Gasteiger partial charge in [-0.3, -0.25) is 10.3 Å². The first-order valence-electron chi connectivity index (χ1n) is 6.93. The minimum atomic E-state index is 0.182. The summed E-state index contributed by atoms with van der Waals surface area (Å²) < 4.78 is 0. The molecule has 0 aromatic heterocycles. The molecule has 0 bridgehead atoms. The smallest absolute Gasteiger partial charge is 0.113 e. The summed E-state index contributed by atoms with van der Waals surface area (Å²) in [4.78, 5) is 6.88. The molecule has 1 heterocycles. The Kier molecular flexibility index (Phi) is 3.79. The molecular weight excluding hydrogens is 246 g/mol. The van der Waals surface area contributed by atoms with Gasteiger partial charge < -0.3 is 4.90 Å². The van der Waals surface area contributed by atoms with Crippen molar-refractivity contribution in [1.82, 2.24) is 10.2 Å². The van der Waals surface area contributed by atoms with Gasteiger partial charge in [-0.2, -0.15) is 0 Å². The first-order valence-corrected chi connectivity index (χ1v) is 6.93. The summed E-state index contributed by atoms with van der Waals surface area (Å²) in [5.74, 6) is 1.34. The van der Waals surface area contributed by atoms with E-state index in [0.29, 0.717) is 6.67 Å². The average Bonchev–Trinajstić information content (AvgIpc) is 2.77. The van der Waals surface area contributed by atoms with Gasteiger partial charge >= 0.3 is 0 Å². The number of hydrogen-bond donors (Lipinski definition) is 1. The maximum absolute atomic E-state index is 4.65. The maximum atomic E-state index is 4.65. The highest BCUT2D eigenvalue weighted by atomic mass is 15.3. The molecule has 0 saturated heterocycles. The first-order chi connectivity index (χ1) is 9.86. The van der Waals surface area contributed by atoms with E-state index in [0.717, 1.165) is 5.84 Å². The van der Waals surface area contributed by atoms with Crippen molar-refractivity contribution in [3.8, 4) is 0 Å². The fourth-order valence-corrected chi connectivity index (χ4v) is 2.64. The molecule has 0 saturated carbocycles. The Morgan fingerprint density at radius 3 is 2.45 bits per heavy atom. The summed E-state index contributed by atoms with van der Waals surface area (Å²) >= 11 is 0. The van der Waals surface area contributed by atoms with Crippen LogP contribution in [0.5, 0.6) is 0 Å². The lowest BCUT2D eigenvalue weighted by Gasteiger charge is -2.37. The third-order valence-corrected chi connectivity index (χ3v) is 3.66. The van der Waals surface area contributed by atoms with Crippen molar-refractivity contribution in [2.45, 2.75) is 6.17 Å². The van der Waals surface area contributed by atoms with Crippen LogP contribution in [0.4, 0.5) is 0 Å². The summed E-state index contributed by atoms with van der Waals surface area (Å²) in [6.45, 7) is 0.658. The van der Waals surface area contributed by atoms with Crippen molar-refractivity contribution in [2.24, 2.45) is 10.9 Å². The summed E-state index contributed by atoms with van der Waals surface area (Å²) in [6.07, 6.45) is 12.8. The van der Waals surface area contributed by atoms with E-state index in [1.807, 2.05) is 18.2 Å². The van der Waals surface area contributed by atoms with Crippen LogP contribution in [0, 0.1) is 5.92 Å². The average molecular weight is 265 g/mol. The van der Waals surface area contributed by atoms with Crippen LogP contribution in [0.15, 0.2) is 71.8 Å². The summed E-state index contributed by atoms with van der Waals surface area (Å²) in [5.41, 5.74) is 1.27. The molecule has 1 aliphatic carbocycles. The van der Waals surface area contributed by atoms with Crippen molar-refractivity contribution in [3.63, 3.8) is 0 Å². The van der Waals surface area contributed by atoms with Gasteiger partial charge in [-0.15, -0.1) is 0 Å². The molecule has 20 heavy (non-hydrogen) atoms. The highest BCUT2D eigenvalue weighted by molar-refractivity contribution is 5.88. The molecule has 102 valence electrons. The Morgan fingerprint density at radius 1 is 1.05 bits per heavy atom. The number of hydrogen-bond acceptors (Lipinski definition) is 3. The molecule has 1 aromatic rings. The molecule has 2 aliphatic rings. The van der Waals surface area contributed by atoms with Crippen LogP contribution < -0.4 is 5.32 Å². The zero-order valence-electron chi connectivity index (χ0n) is 11.6. The van der Waals surface area contributed by atoms with Gasteiger partial charge in [0, 0.05) is 7.05 Å². The number of nitrogens with one attached hydrogen (secondary N) is 1. The molecular formula is C17H19N3. The Labute approximate surface area is 120 Å². The van der Waals surface area contributed by atoms with Gasteiger partial charge in [0.05, 0.1) is 12.6 Å². The third kappa shape index (κ3) is 2.58. The second kappa shape index (κ2) is 5.88. The predicted molar refractivity (Wildman–Crippen MR) is 83.3 cm³/mol. The normalized spacial score (nSPS) is 22.8. The molecule has 3 rings (SSSR count). The fourth-order valence-electron chi connectivity index (χ4n) is 2.64. The van der Waals surface area contributed by atoms with E-state index in [9.17, 15) is 0 Å². The molecule has 3 nitrogen and oxygen atoms in total. The standard InChI is InChI=1S/C17H19N3/c1-20-16(14-9-5-2-3-6-10-14)18-13-19-17(20)15-11-7-4-8-12-15/h2-12,14,17,19H,13H2,1H3. The van der Waals surface area contributed by atoms with E-state index in [-0.39, 0.29) is 12.1 Å². The molecule has 1 aromatic carbocycles. The van der Waals surface area contributed by atoms with Crippen molar-refractivity contribution >= 4 is 5.84 Å². The predicted octanol–water partition coefficient (Wildman–Crippen LogP) is 2.87. The Morgan fingerprint density at radius 2 is 1.75 bits per heavy atom. The number of nitrogens with zero attached hydrogens (tertiary/aromatic N) is 2. The van der Waals surface area contributed by atoms with E-state index in [4.69, 9.17) is 0 Å². The van der Waals surface area contributed by atoms with Crippen LogP contribution in [0.1, 0.15) is 11.7 Å². The van der Waals surface area contributed by atoms with Crippen LogP contribution in [0.2, 0.25) is 0 Å². The largest absolute Gasteiger partial charge is 0.343 e.